The maximum absolute atomic E-state index is 6.06. The lowest BCUT2D eigenvalue weighted by Crippen LogP contribution is -2.45. The first kappa shape index (κ1) is 16.3. The molecular formula is C16H19Cl2N5. The number of nitrogens with zero attached hydrogens (tertiary/aromatic N) is 4. The largest absolute Gasteiger partial charge is 0.340 e. The summed E-state index contributed by atoms with van der Waals surface area (Å²) < 4.78 is 0. The zero-order valence-corrected chi connectivity index (χ0v) is 14.7. The van der Waals surface area contributed by atoms with E-state index in [-0.39, 0.29) is 0 Å². The van der Waals surface area contributed by atoms with Crippen molar-refractivity contribution in [2.45, 2.75) is 6.92 Å². The number of aromatic nitrogens is 2. The molecule has 1 aliphatic heterocycles. The Morgan fingerprint density at radius 3 is 2.43 bits per heavy atom. The summed E-state index contributed by atoms with van der Waals surface area (Å²) in [7, 11) is 2.13. The first-order chi connectivity index (χ1) is 11.0. The zero-order chi connectivity index (χ0) is 16.4. The molecule has 1 aromatic carbocycles. The number of hydrogen-bond donors (Lipinski definition) is 1. The van der Waals surface area contributed by atoms with E-state index in [4.69, 9.17) is 23.2 Å². The third-order valence-corrected chi connectivity index (χ3v) is 4.56. The van der Waals surface area contributed by atoms with E-state index in [0.717, 1.165) is 49.3 Å². The molecule has 1 N–H and O–H groups in total. The Hall–Kier alpha value is -1.56. The SMILES string of the molecule is Cc1cc(Nc2ccc(Cl)c(Cl)c2)nc(N2CCN(C)CC2)n1. The first-order valence-electron chi connectivity index (χ1n) is 7.52. The number of halogens is 2. The van der Waals surface area contributed by atoms with Crippen molar-refractivity contribution >= 4 is 40.7 Å². The second-order valence-corrected chi connectivity index (χ2v) is 6.55. The Kier molecular flexibility index (Phi) is 4.90. The number of nitrogens with one attached hydrogen (secondary N) is 1. The average Bonchev–Trinajstić information content (AvgIpc) is 2.51. The monoisotopic (exact) mass is 351 g/mol. The van der Waals surface area contributed by atoms with Crippen molar-refractivity contribution in [3.63, 3.8) is 0 Å². The fourth-order valence-electron chi connectivity index (χ4n) is 2.49. The molecule has 1 fully saturated rings. The summed E-state index contributed by atoms with van der Waals surface area (Å²) in [5.41, 5.74) is 1.78. The quantitative estimate of drug-likeness (QED) is 0.915. The van der Waals surface area contributed by atoms with Gasteiger partial charge in [-0.3, -0.25) is 0 Å². The highest BCUT2D eigenvalue weighted by atomic mass is 35.5. The van der Waals surface area contributed by atoms with Crippen molar-refractivity contribution < 1.29 is 0 Å². The maximum atomic E-state index is 6.06. The number of aryl methyl sites for hydroxylation is 1. The van der Waals surface area contributed by atoms with Crippen LogP contribution in [0.3, 0.4) is 0 Å². The second kappa shape index (κ2) is 6.91. The third kappa shape index (κ3) is 4.05. The minimum Gasteiger partial charge on any atom is -0.340 e. The van der Waals surface area contributed by atoms with Gasteiger partial charge in [0.1, 0.15) is 5.82 Å². The average molecular weight is 352 g/mol. The van der Waals surface area contributed by atoms with Gasteiger partial charge in [0.2, 0.25) is 5.95 Å². The Labute approximate surface area is 146 Å². The molecule has 0 unspecified atom stereocenters. The molecular weight excluding hydrogens is 333 g/mol. The molecule has 0 amide bonds. The van der Waals surface area contributed by atoms with Gasteiger partial charge in [-0.25, -0.2) is 4.98 Å². The van der Waals surface area contributed by atoms with Crippen molar-refractivity contribution in [3.8, 4) is 0 Å². The topological polar surface area (TPSA) is 44.3 Å². The summed E-state index contributed by atoms with van der Waals surface area (Å²) in [5, 5.41) is 4.32. The smallest absolute Gasteiger partial charge is 0.227 e. The van der Waals surface area contributed by atoms with Crippen LogP contribution in [-0.4, -0.2) is 48.1 Å². The fraction of sp³-hybridized carbons (Fsp3) is 0.375. The van der Waals surface area contributed by atoms with Crippen molar-refractivity contribution in [1.82, 2.24) is 14.9 Å². The van der Waals surface area contributed by atoms with Gasteiger partial charge in [0.25, 0.3) is 0 Å². The van der Waals surface area contributed by atoms with E-state index in [1.807, 2.05) is 19.1 Å². The molecule has 1 aromatic heterocycles. The van der Waals surface area contributed by atoms with E-state index in [1.54, 1.807) is 12.1 Å². The summed E-state index contributed by atoms with van der Waals surface area (Å²) >= 11 is 12.0. The molecule has 0 saturated carbocycles. The molecule has 7 heteroatoms. The number of piperazine rings is 1. The van der Waals surface area contributed by atoms with Gasteiger partial charge in [-0.1, -0.05) is 23.2 Å². The zero-order valence-electron chi connectivity index (χ0n) is 13.2. The number of benzene rings is 1. The highest BCUT2D eigenvalue weighted by Gasteiger charge is 2.17. The molecule has 0 atom stereocenters. The van der Waals surface area contributed by atoms with E-state index >= 15 is 0 Å². The molecule has 2 aromatic rings. The van der Waals surface area contributed by atoms with Gasteiger partial charge < -0.3 is 15.1 Å². The van der Waals surface area contributed by atoms with Crippen LogP contribution in [0.5, 0.6) is 0 Å². The Morgan fingerprint density at radius 1 is 1.00 bits per heavy atom. The Bertz CT molecular complexity index is 699. The van der Waals surface area contributed by atoms with Gasteiger partial charge in [0.15, 0.2) is 0 Å². The van der Waals surface area contributed by atoms with Crippen LogP contribution in [0.15, 0.2) is 24.3 Å². The molecule has 0 bridgehead atoms. The van der Waals surface area contributed by atoms with Crippen molar-refractivity contribution in [2.24, 2.45) is 0 Å². The Balaban J connectivity index is 1.81. The number of anilines is 3. The number of hydrogen-bond acceptors (Lipinski definition) is 5. The highest BCUT2D eigenvalue weighted by Crippen LogP contribution is 2.27. The van der Waals surface area contributed by atoms with Crippen LogP contribution in [0.4, 0.5) is 17.5 Å². The molecule has 0 radical (unpaired) electrons. The molecule has 0 spiro atoms. The van der Waals surface area contributed by atoms with Crippen molar-refractivity contribution in [3.05, 3.63) is 40.0 Å². The minimum absolute atomic E-state index is 0.515. The van der Waals surface area contributed by atoms with Gasteiger partial charge >= 0.3 is 0 Å². The van der Waals surface area contributed by atoms with E-state index in [2.05, 4.69) is 32.1 Å². The molecule has 5 nitrogen and oxygen atoms in total. The first-order valence-corrected chi connectivity index (χ1v) is 8.28. The molecule has 0 aliphatic carbocycles. The lowest BCUT2D eigenvalue weighted by atomic mass is 10.3. The van der Waals surface area contributed by atoms with Crippen LogP contribution >= 0.6 is 23.2 Å². The summed E-state index contributed by atoms with van der Waals surface area (Å²) in [6.07, 6.45) is 0. The van der Waals surface area contributed by atoms with Crippen LogP contribution in [-0.2, 0) is 0 Å². The lowest BCUT2D eigenvalue weighted by molar-refractivity contribution is 0.311. The molecule has 122 valence electrons. The Morgan fingerprint density at radius 2 is 1.74 bits per heavy atom. The minimum atomic E-state index is 0.515. The highest BCUT2D eigenvalue weighted by molar-refractivity contribution is 6.42. The van der Waals surface area contributed by atoms with E-state index < -0.39 is 0 Å². The van der Waals surface area contributed by atoms with Gasteiger partial charge in [-0.2, -0.15) is 4.98 Å². The summed E-state index contributed by atoms with van der Waals surface area (Å²) in [6, 6.07) is 7.35. The molecule has 3 rings (SSSR count). The van der Waals surface area contributed by atoms with E-state index in [0.29, 0.717) is 10.0 Å². The number of rotatable bonds is 3. The van der Waals surface area contributed by atoms with Crippen molar-refractivity contribution in [1.29, 1.82) is 0 Å². The molecule has 23 heavy (non-hydrogen) atoms. The van der Waals surface area contributed by atoms with Crippen LogP contribution in [0.25, 0.3) is 0 Å². The standard InChI is InChI=1S/C16H19Cl2N5/c1-11-9-15(20-12-3-4-13(17)14(18)10-12)21-16(19-11)23-7-5-22(2)6-8-23/h3-4,9-10H,5-8H2,1-2H3,(H,19,20,21). The summed E-state index contributed by atoms with van der Waals surface area (Å²) in [5.74, 6) is 1.52. The predicted octanol–water partition coefficient (Wildman–Crippen LogP) is 3.59. The maximum Gasteiger partial charge on any atom is 0.227 e. The predicted molar refractivity (Wildman–Crippen MR) is 96.2 cm³/mol. The van der Waals surface area contributed by atoms with Crippen LogP contribution < -0.4 is 10.2 Å². The van der Waals surface area contributed by atoms with E-state index in [1.165, 1.54) is 0 Å². The normalized spacial score (nSPS) is 15.7. The van der Waals surface area contributed by atoms with Gasteiger partial charge in [-0.15, -0.1) is 0 Å². The summed E-state index contributed by atoms with van der Waals surface area (Å²) in [6.45, 7) is 5.89. The van der Waals surface area contributed by atoms with Crippen LogP contribution in [0.1, 0.15) is 5.69 Å². The third-order valence-electron chi connectivity index (χ3n) is 3.82. The van der Waals surface area contributed by atoms with Gasteiger partial charge in [0, 0.05) is 43.6 Å². The molecule has 2 heterocycles. The van der Waals surface area contributed by atoms with Gasteiger partial charge in [0.05, 0.1) is 10.0 Å². The summed E-state index contributed by atoms with van der Waals surface area (Å²) in [4.78, 5) is 13.7. The number of likely N-dealkylation sites (N-methyl/N-ethyl adjacent to an activating group) is 1. The van der Waals surface area contributed by atoms with E-state index in [9.17, 15) is 0 Å². The lowest BCUT2D eigenvalue weighted by Gasteiger charge is -2.32. The molecule has 1 saturated heterocycles. The molecule has 1 aliphatic rings. The second-order valence-electron chi connectivity index (χ2n) is 5.74. The van der Waals surface area contributed by atoms with Crippen molar-refractivity contribution in [2.75, 3.05) is 43.4 Å². The van der Waals surface area contributed by atoms with Gasteiger partial charge in [-0.05, 0) is 32.2 Å². The van der Waals surface area contributed by atoms with Crippen LogP contribution in [0.2, 0.25) is 10.0 Å². The van der Waals surface area contributed by atoms with Crippen LogP contribution in [0, 0.1) is 6.92 Å². The fourth-order valence-corrected chi connectivity index (χ4v) is 2.78.